The number of aliphatic hydroxyl groups excluding tert-OH is 1. The van der Waals surface area contributed by atoms with E-state index in [2.05, 4.69) is 0 Å². The van der Waals surface area contributed by atoms with Gasteiger partial charge in [-0.1, -0.05) is 12.8 Å². The van der Waals surface area contributed by atoms with Crippen molar-refractivity contribution in [2.24, 2.45) is 11.7 Å². The highest BCUT2D eigenvalue weighted by Crippen LogP contribution is 2.26. The number of aliphatic hydroxyl groups is 1. The molecule has 4 heteroatoms. The fourth-order valence-electron chi connectivity index (χ4n) is 2.14. The molecule has 0 aromatic heterocycles. The maximum atomic E-state index is 9.46. The minimum Gasteiger partial charge on any atom is -0.388 e. The summed E-state index contributed by atoms with van der Waals surface area (Å²) in [6, 6.07) is 0. The van der Waals surface area contributed by atoms with Gasteiger partial charge in [-0.15, -0.1) is 0 Å². The van der Waals surface area contributed by atoms with E-state index in [1.165, 1.54) is 12.8 Å². The third-order valence-corrected chi connectivity index (χ3v) is 3.00. The zero-order valence-electron chi connectivity index (χ0n) is 9.52. The molecule has 0 bridgehead atoms. The Hall–Kier alpha value is -0.160. The molecule has 1 aliphatic carbocycles. The summed E-state index contributed by atoms with van der Waals surface area (Å²) in [7, 11) is 1.58. The van der Waals surface area contributed by atoms with Crippen LogP contribution in [0.5, 0.6) is 0 Å². The van der Waals surface area contributed by atoms with Crippen molar-refractivity contribution in [1.29, 1.82) is 0 Å². The van der Waals surface area contributed by atoms with Crippen LogP contribution >= 0.6 is 0 Å². The van der Waals surface area contributed by atoms with Gasteiger partial charge in [0.1, 0.15) is 6.10 Å². The van der Waals surface area contributed by atoms with E-state index in [0.717, 1.165) is 12.8 Å². The summed E-state index contributed by atoms with van der Waals surface area (Å²) in [5.41, 5.74) is 5.69. The molecule has 15 heavy (non-hydrogen) atoms. The zero-order valence-corrected chi connectivity index (χ0v) is 9.52. The molecule has 3 N–H and O–H groups in total. The summed E-state index contributed by atoms with van der Waals surface area (Å²) in [4.78, 5) is 0. The minimum atomic E-state index is -0.518. The highest BCUT2D eigenvalue weighted by atomic mass is 16.5. The Kier molecular flexibility index (Phi) is 6.17. The van der Waals surface area contributed by atoms with E-state index in [1.807, 2.05) is 0 Å². The van der Waals surface area contributed by atoms with E-state index >= 15 is 0 Å². The van der Waals surface area contributed by atoms with E-state index in [1.54, 1.807) is 7.11 Å². The second kappa shape index (κ2) is 7.17. The largest absolute Gasteiger partial charge is 0.388 e. The van der Waals surface area contributed by atoms with Crippen LogP contribution in [0, 0.1) is 5.92 Å². The summed E-state index contributed by atoms with van der Waals surface area (Å²) in [5.74, 6) is 0.466. The molecule has 1 rings (SSSR count). The fraction of sp³-hybridized carbons (Fsp3) is 1.00. The smallest absolute Gasteiger partial charge is 0.101 e. The van der Waals surface area contributed by atoms with E-state index < -0.39 is 6.10 Å². The van der Waals surface area contributed by atoms with Gasteiger partial charge in [0.05, 0.1) is 19.3 Å². The summed E-state index contributed by atoms with van der Waals surface area (Å²) in [5, 5.41) is 9.46. The van der Waals surface area contributed by atoms with Gasteiger partial charge in [-0.3, -0.25) is 0 Å². The predicted molar refractivity (Wildman–Crippen MR) is 58.6 cm³/mol. The van der Waals surface area contributed by atoms with Crippen LogP contribution < -0.4 is 5.73 Å². The Balaban J connectivity index is 2.22. The Labute approximate surface area is 91.7 Å². The average molecular weight is 217 g/mol. The third-order valence-electron chi connectivity index (χ3n) is 3.00. The second-order valence-electron chi connectivity index (χ2n) is 4.26. The lowest BCUT2D eigenvalue weighted by Gasteiger charge is -2.31. The monoisotopic (exact) mass is 217 g/mol. The lowest BCUT2D eigenvalue weighted by Crippen LogP contribution is -2.35. The van der Waals surface area contributed by atoms with Gasteiger partial charge < -0.3 is 20.3 Å². The number of rotatable bonds is 6. The van der Waals surface area contributed by atoms with Crippen molar-refractivity contribution in [3.63, 3.8) is 0 Å². The molecule has 0 amide bonds. The van der Waals surface area contributed by atoms with Crippen LogP contribution in [0.3, 0.4) is 0 Å². The first-order valence-electron chi connectivity index (χ1n) is 5.76. The minimum absolute atomic E-state index is 0.232. The van der Waals surface area contributed by atoms with Gasteiger partial charge >= 0.3 is 0 Å². The third kappa shape index (κ3) is 4.47. The van der Waals surface area contributed by atoms with Crippen molar-refractivity contribution in [1.82, 2.24) is 0 Å². The molecule has 0 aromatic carbocycles. The second-order valence-corrected chi connectivity index (χ2v) is 4.26. The van der Waals surface area contributed by atoms with E-state index in [4.69, 9.17) is 15.2 Å². The molecule has 3 atom stereocenters. The fourth-order valence-corrected chi connectivity index (χ4v) is 2.14. The van der Waals surface area contributed by atoms with Crippen LogP contribution in [0.25, 0.3) is 0 Å². The summed E-state index contributed by atoms with van der Waals surface area (Å²) >= 11 is 0. The van der Waals surface area contributed by atoms with Crippen molar-refractivity contribution in [3.05, 3.63) is 0 Å². The highest BCUT2D eigenvalue weighted by Gasteiger charge is 2.25. The number of ether oxygens (including phenoxy) is 2. The van der Waals surface area contributed by atoms with Gasteiger partial charge in [-0.25, -0.2) is 0 Å². The number of methoxy groups -OCH3 is 1. The van der Waals surface area contributed by atoms with Gasteiger partial charge in [-0.2, -0.15) is 0 Å². The maximum absolute atomic E-state index is 9.46. The molecule has 1 fully saturated rings. The van der Waals surface area contributed by atoms with E-state index in [-0.39, 0.29) is 6.10 Å². The normalized spacial score (nSPS) is 29.0. The Morgan fingerprint density at radius 1 is 1.33 bits per heavy atom. The standard InChI is InChI=1S/C11H23NO3/c1-14-7-10(13)8-15-11-5-3-2-4-9(11)6-12/h9-11,13H,2-8,12H2,1H3. The summed E-state index contributed by atoms with van der Waals surface area (Å²) in [6.45, 7) is 1.38. The molecule has 0 saturated heterocycles. The summed E-state index contributed by atoms with van der Waals surface area (Å²) < 4.78 is 10.5. The highest BCUT2D eigenvalue weighted by molar-refractivity contribution is 4.76. The first kappa shape index (κ1) is 12.9. The summed E-state index contributed by atoms with van der Waals surface area (Å²) in [6.07, 6.45) is 4.40. The van der Waals surface area contributed by atoms with Crippen molar-refractivity contribution in [3.8, 4) is 0 Å². The van der Waals surface area contributed by atoms with Crippen LogP contribution in [0.4, 0.5) is 0 Å². The average Bonchev–Trinajstić information content (AvgIpc) is 2.27. The molecule has 1 saturated carbocycles. The lowest BCUT2D eigenvalue weighted by atomic mass is 9.86. The van der Waals surface area contributed by atoms with Gasteiger partial charge in [0.2, 0.25) is 0 Å². The first-order chi connectivity index (χ1) is 7.27. The zero-order chi connectivity index (χ0) is 11.1. The maximum Gasteiger partial charge on any atom is 0.101 e. The van der Waals surface area contributed by atoms with Crippen molar-refractivity contribution >= 4 is 0 Å². The topological polar surface area (TPSA) is 64.7 Å². The predicted octanol–water partition coefficient (Wildman–Crippen LogP) is 0.528. The van der Waals surface area contributed by atoms with Crippen LogP contribution in [-0.2, 0) is 9.47 Å². The van der Waals surface area contributed by atoms with E-state index in [0.29, 0.717) is 25.7 Å². The van der Waals surface area contributed by atoms with Crippen LogP contribution in [0.15, 0.2) is 0 Å². The number of hydrogen-bond donors (Lipinski definition) is 2. The Bertz CT molecular complexity index is 166. The molecule has 3 unspecified atom stereocenters. The molecule has 90 valence electrons. The molecular weight excluding hydrogens is 194 g/mol. The molecule has 0 heterocycles. The molecule has 0 aliphatic heterocycles. The quantitative estimate of drug-likeness (QED) is 0.681. The van der Waals surface area contributed by atoms with E-state index in [9.17, 15) is 5.11 Å². The Morgan fingerprint density at radius 3 is 2.73 bits per heavy atom. The van der Waals surface area contributed by atoms with Crippen LogP contribution in [-0.4, -0.2) is 44.2 Å². The first-order valence-corrected chi connectivity index (χ1v) is 5.76. The Morgan fingerprint density at radius 2 is 2.07 bits per heavy atom. The molecule has 1 aliphatic rings. The van der Waals surface area contributed by atoms with Crippen LogP contribution in [0.2, 0.25) is 0 Å². The molecular formula is C11H23NO3. The molecule has 4 nitrogen and oxygen atoms in total. The van der Waals surface area contributed by atoms with Gasteiger partial charge in [0.15, 0.2) is 0 Å². The molecule has 0 spiro atoms. The molecule has 0 aromatic rings. The number of hydrogen-bond acceptors (Lipinski definition) is 4. The number of nitrogens with two attached hydrogens (primary N) is 1. The van der Waals surface area contributed by atoms with Crippen molar-refractivity contribution in [2.45, 2.75) is 37.9 Å². The SMILES string of the molecule is COCC(O)COC1CCCCC1CN. The van der Waals surface area contributed by atoms with Gasteiger partial charge in [-0.05, 0) is 25.3 Å². The van der Waals surface area contributed by atoms with Gasteiger partial charge in [0.25, 0.3) is 0 Å². The van der Waals surface area contributed by atoms with Crippen molar-refractivity contribution < 1.29 is 14.6 Å². The molecule has 0 radical (unpaired) electrons. The van der Waals surface area contributed by atoms with Crippen molar-refractivity contribution in [2.75, 3.05) is 26.9 Å². The van der Waals surface area contributed by atoms with Gasteiger partial charge in [0, 0.05) is 7.11 Å². The van der Waals surface area contributed by atoms with Crippen LogP contribution in [0.1, 0.15) is 25.7 Å². The lowest BCUT2D eigenvalue weighted by molar-refractivity contribution is -0.0642.